The van der Waals surface area contributed by atoms with Crippen LogP contribution in [0.25, 0.3) is 6.08 Å². The van der Waals surface area contributed by atoms with Gasteiger partial charge in [0.05, 0.1) is 12.9 Å². The van der Waals surface area contributed by atoms with E-state index in [4.69, 9.17) is 16.3 Å². The van der Waals surface area contributed by atoms with E-state index in [0.717, 1.165) is 5.69 Å². The lowest BCUT2D eigenvalue weighted by atomic mass is 10.1. The van der Waals surface area contributed by atoms with Gasteiger partial charge in [-0.2, -0.15) is 0 Å². The molecule has 5 rings (SSSR count). The fourth-order valence-corrected chi connectivity index (χ4v) is 5.74. The zero-order valence-corrected chi connectivity index (χ0v) is 24.7. The molecule has 214 valence electrons. The topological polar surface area (TPSA) is 129 Å². The van der Waals surface area contributed by atoms with Crippen molar-refractivity contribution in [2.24, 2.45) is 4.99 Å². The average molecular weight is 621 g/mol. The molecule has 3 aromatic carbocycles. The Morgan fingerprint density at radius 1 is 1.10 bits per heavy atom. The van der Waals surface area contributed by atoms with Crippen LogP contribution in [-0.4, -0.2) is 52.4 Å². The third kappa shape index (κ3) is 7.27. The predicted octanol–water partition coefficient (Wildman–Crippen LogP) is 5.92. The van der Waals surface area contributed by atoms with Gasteiger partial charge < -0.3 is 20.5 Å². The number of phenolic OH excluding ortho intramolecular Hbond substituents is 1. The highest BCUT2D eigenvalue weighted by molar-refractivity contribution is 8.01. The lowest BCUT2D eigenvalue weighted by molar-refractivity contribution is -0.114. The minimum atomic E-state index is -0.363. The number of rotatable bonds is 11. The van der Waals surface area contributed by atoms with E-state index in [0.29, 0.717) is 44.5 Å². The number of phenols is 1. The van der Waals surface area contributed by atoms with Gasteiger partial charge in [-0.05, 0) is 60.2 Å². The summed E-state index contributed by atoms with van der Waals surface area (Å²) in [5.74, 6) is 0.367. The van der Waals surface area contributed by atoms with Gasteiger partial charge in [-0.1, -0.05) is 59.0 Å². The summed E-state index contributed by atoms with van der Waals surface area (Å²) in [5.41, 5.74) is 2.43. The molecule has 0 aliphatic carbocycles. The van der Waals surface area contributed by atoms with Crippen LogP contribution in [0.3, 0.4) is 0 Å². The number of amides is 2. The van der Waals surface area contributed by atoms with Crippen LogP contribution < -0.4 is 20.3 Å². The number of thioether (sulfide) groups is 1. The second kappa shape index (κ2) is 13.5. The van der Waals surface area contributed by atoms with Crippen LogP contribution in [0, 0.1) is 0 Å². The monoisotopic (exact) mass is 620 g/mol. The normalized spacial score (nSPS) is 13.8. The first kappa shape index (κ1) is 29.1. The molecule has 13 heteroatoms. The van der Waals surface area contributed by atoms with E-state index in [-0.39, 0.29) is 34.8 Å². The van der Waals surface area contributed by atoms with E-state index < -0.39 is 0 Å². The number of nitrogens with zero attached hydrogens (tertiary/aromatic N) is 4. The summed E-state index contributed by atoms with van der Waals surface area (Å²) in [4.78, 5) is 32.0. The lowest BCUT2D eigenvalue weighted by Gasteiger charge is -2.15. The van der Waals surface area contributed by atoms with Gasteiger partial charge in [-0.25, -0.2) is 9.89 Å². The molecule has 1 aromatic heterocycles. The van der Waals surface area contributed by atoms with Crippen LogP contribution in [0.15, 0.2) is 87.8 Å². The number of nitrogens with one attached hydrogen (secondary N) is 2. The summed E-state index contributed by atoms with van der Waals surface area (Å²) >= 11 is 8.42. The number of carbonyl (C=O) groups is 2. The van der Waals surface area contributed by atoms with Gasteiger partial charge in [-0.3, -0.25) is 9.59 Å². The molecule has 4 aromatic rings. The number of aliphatic imine (C=N–C) groups is 1. The van der Waals surface area contributed by atoms with Crippen LogP contribution in [0.4, 0.5) is 16.5 Å². The smallest absolute Gasteiger partial charge is 0.284 e. The zero-order chi connectivity index (χ0) is 29.5. The molecule has 2 heterocycles. The van der Waals surface area contributed by atoms with Crippen LogP contribution >= 0.6 is 34.7 Å². The Morgan fingerprint density at radius 2 is 1.88 bits per heavy atom. The molecule has 0 radical (unpaired) electrons. The van der Waals surface area contributed by atoms with Crippen molar-refractivity contribution in [2.75, 3.05) is 34.9 Å². The number of ether oxygens (including phenoxy) is 1. The average Bonchev–Trinajstić information content (AvgIpc) is 3.58. The maximum Gasteiger partial charge on any atom is 0.284 e. The van der Waals surface area contributed by atoms with Crippen molar-refractivity contribution in [3.8, 4) is 11.5 Å². The Kier molecular flexibility index (Phi) is 9.37. The van der Waals surface area contributed by atoms with Gasteiger partial charge >= 0.3 is 0 Å². The van der Waals surface area contributed by atoms with Crippen molar-refractivity contribution in [2.45, 2.75) is 10.8 Å². The Morgan fingerprint density at radius 3 is 2.64 bits per heavy atom. The molecule has 1 aliphatic rings. The first-order chi connectivity index (χ1) is 20.4. The molecule has 0 saturated heterocycles. The molecule has 3 N–H and O–H groups in total. The highest BCUT2D eigenvalue weighted by atomic mass is 35.5. The number of aromatic nitrogens is 2. The van der Waals surface area contributed by atoms with E-state index in [1.807, 2.05) is 42.5 Å². The Labute approximate surface area is 255 Å². The molecule has 0 fully saturated rings. The predicted molar refractivity (Wildman–Crippen MR) is 168 cm³/mol. The van der Waals surface area contributed by atoms with Gasteiger partial charge in [0.1, 0.15) is 11.5 Å². The van der Waals surface area contributed by atoms with Crippen LogP contribution in [0.1, 0.15) is 12.0 Å². The van der Waals surface area contributed by atoms with Crippen molar-refractivity contribution in [3.63, 3.8) is 0 Å². The molecule has 0 saturated carbocycles. The van der Waals surface area contributed by atoms with E-state index in [1.165, 1.54) is 41.2 Å². The van der Waals surface area contributed by atoms with Gasteiger partial charge in [0.15, 0.2) is 15.8 Å². The zero-order valence-electron chi connectivity index (χ0n) is 22.3. The maximum atomic E-state index is 13.6. The summed E-state index contributed by atoms with van der Waals surface area (Å²) in [6, 6.07) is 21.3. The fourth-order valence-electron chi connectivity index (χ4n) is 3.95. The number of anilines is 3. The molecular weight excluding hydrogens is 596 g/mol. The summed E-state index contributed by atoms with van der Waals surface area (Å²) in [7, 11) is 1.45. The summed E-state index contributed by atoms with van der Waals surface area (Å²) in [5, 5.41) is 25.5. The Balaban J connectivity index is 1.32. The van der Waals surface area contributed by atoms with Gasteiger partial charge in [0.2, 0.25) is 11.0 Å². The number of benzene rings is 3. The highest BCUT2D eigenvalue weighted by Gasteiger charge is 2.34. The van der Waals surface area contributed by atoms with Gasteiger partial charge in [-0.15, -0.1) is 10.2 Å². The molecule has 0 unspecified atom stereocenters. The summed E-state index contributed by atoms with van der Waals surface area (Å²) in [6.07, 6.45) is 2.04. The number of methoxy groups -OCH3 is 1. The Bertz CT molecular complexity index is 1640. The summed E-state index contributed by atoms with van der Waals surface area (Å²) < 4.78 is 5.73. The van der Waals surface area contributed by atoms with E-state index in [9.17, 15) is 14.7 Å². The van der Waals surface area contributed by atoms with Crippen molar-refractivity contribution in [1.82, 2.24) is 10.2 Å². The third-order valence-electron chi connectivity index (χ3n) is 5.93. The first-order valence-electron chi connectivity index (χ1n) is 12.7. The van der Waals surface area contributed by atoms with Gasteiger partial charge in [0.25, 0.3) is 5.91 Å². The van der Waals surface area contributed by atoms with Crippen molar-refractivity contribution in [3.05, 3.63) is 89.1 Å². The third-order valence-corrected chi connectivity index (χ3v) is 8.22. The molecule has 1 aliphatic heterocycles. The number of amidine groups is 1. The van der Waals surface area contributed by atoms with Crippen LogP contribution in [0.5, 0.6) is 11.5 Å². The molecule has 10 nitrogen and oxygen atoms in total. The van der Waals surface area contributed by atoms with Crippen LogP contribution in [-0.2, 0) is 9.59 Å². The minimum Gasteiger partial charge on any atom is -0.504 e. The highest BCUT2D eigenvalue weighted by Crippen LogP contribution is 2.33. The molecule has 2 amide bonds. The second-order valence-corrected chi connectivity index (χ2v) is 11.5. The van der Waals surface area contributed by atoms with Gasteiger partial charge in [0, 0.05) is 29.4 Å². The second-order valence-electron chi connectivity index (χ2n) is 8.87. The maximum absolute atomic E-state index is 13.6. The number of hydrogen-bond donors (Lipinski definition) is 3. The fraction of sp³-hybridized carbons (Fsp3) is 0.138. The molecule has 0 bridgehead atoms. The molecule has 42 heavy (non-hydrogen) atoms. The van der Waals surface area contributed by atoms with Crippen molar-refractivity contribution < 1.29 is 19.4 Å². The number of aromatic hydroxyl groups is 1. The van der Waals surface area contributed by atoms with Crippen LogP contribution in [0.2, 0.25) is 5.02 Å². The molecule has 0 spiro atoms. The van der Waals surface area contributed by atoms with E-state index in [2.05, 4.69) is 25.8 Å². The molecule has 0 atom stereocenters. The Hall–Kier alpha value is -4.39. The largest absolute Gasteiger partial charge is 0.504 e. The standard InChI is InChI=1S/C29H25ClN6O4S2/c1-40-24-16-18(7-12-23(24)37)15-22-27(39)36(25(33-22)13-14-31-20-10-8-19(30)9-11-20)28-34-35-29(42-28)41-17-26(38)32-21-5-3-2-4-6-21/h2-12,15-16,31,37H,13-14,17H2,1H3,(H,32,38). The molecular formula is C29H25ClN6O4S2. The number of para-hydroxylation sites is 1. The minimum absolute atomic E-state index is 0.00664. The SMILES string of the molecule is COc1cc(C=C2N=C(CCNc3ccc(Cl)cc3)N(c3nnc(SCC(=O)Nc4ccccc4)s3)C2=O)ccc1O. The van der Waals surface area contributed by atoms with E-state index in [1.54, 1.807) is 30.3 Å². The summed E-state index contributed by atoms with van der Waals surface area (Å²) in [6.45, 7) is 0.491. The first-order valence-corrected chi connectivity index (χ1v) is 14.9. The van der Waals surface area contributed by atoms with E-state index >= 15 is 0 Å². The lowest BCUT2D eigenvalue weighted by Crippen LogP contribution is -2.33. The van der Waals surface area contributed by atoms with Crippen molar-refractivity contribution in [1.29, 1.82) is 0 Å². The number of hydrogen-bond acceptors (Lipinski definition) is 10. The van der Waals surface area contributed by atoms with Crippen molar-refractivity contribution >= 4 is 74.9 Å². The quantitative estimate of drug-likeness (QED) is 0.107. The number of carbonyl (C=O) groups excluding carboxylic acids is 2. The number of halogens is 1.